The second-order valence-electron chi connectivity index (χ2n) is 4.56. The van der Waals surface area contributed by atoms with Crippen LogP contribution in [0.15, 0.2) is 47.4 Å². The van der Waals surface area contributed by atoms with Gasteiger partial charge in [-0.15, -0.1) is 0 Å². The van der Waals surface area contributed by atoms with Gasteiger partial charge in [0.15, 0.2) is 0 Å². The summed E-state index contributed by atoms with van der Waals surface area (Å²) >= 11 is 0.953. The first kappa shape index (κ1) is 15.4. The van der Waals surface area contributed by atoms with Crippen LogP contribution in [0.25, 0.3) is 11.0 Å². The number of esters is 1. The standard InChI is InChI=1S/C14H11N3O4S2/c1-21-14(18)9-5-7-10(8-6-9)17-23(19,20)12-4-2-3-11-13(12)16-22-15-11/h2-8,17H,1H3. The molecule has 118 valence electrons. The molecular weight excluding hydrogens is 338 g/mol. The smallest absolute Gasteiger partial charge is 0.337 e. The Bertz CT molecular complexity index is 965. The van der Waals surface area contributed by atoms with Gasteiger partial charge in [-0.25, -0.2) is 13.2 Å². The van der Waals surface area contributed by atoms with Crippen LogP contribution < -0.4 is 4.72 Å². The molecule has 0 atom stereocenters. The zero-order valence-corrected chi connectivity index (χ0v) is 13.5. The number of hydrogen-bond acceptors (Lipinski definition) is 7. The minimum absolute atomic E-state index is 0.0563. The molecule has 0 saturated carbocycles. The average Bonchev–Trinajstić information content (AvgIpc) is 3.02. The Kier molecular flexibility index (Phi) is 3.97. The molecule has 3 aromatic rings. The van der Waals surface area contributed by atoms with Crippen molar-refractivity contribution in [1.82, 2.24) is 8.75 Å². The highest BCUT2D eigenvalue weighted by Crippen LogP contribution is 2.23. The summed E-state index contributed by atoms with van der Waals surface area (Å²) in [7, 11) is -2.53. The van der Waals surface area contributed by atoms with Gasteiger partial charge in [0.2, 0.25) is 0 Å². The number of aromatic nitrogens is 2. The van der Waals surface area contributed by atoms with Crippen molar-refractivity contribution >= 4 is 44.4 Å². The van der Waals surface area contributed by atoms with E-state index in [1.54, 1.807) is 12.1 Å². The predicted octanol–water partition coefficient (Wildman–Crippen LogP) is 2.28. The number of anilines is 1. The fraction of sp³-hybridized carbons (Fsp3) is 0.0714. The zero-order valence-electron chi connectivity index (χ0n) is 11.9. The van der Waals surface area contributed by atoms with E-state index in [2.05, 4.69) is 18.2 Å². The number of sulfonamides is 1. The number of carbonyl (C=O) groups excluding carboxylic acids is 1. The summed E-state index contributed by atoms with van der Waals surface area (Å²) in [6.07, 6.45) is 0. The molecule has 0 amide bonds. The Morgan fingerprint density at radius 2 is 1.87 bits per heavy atom. The molecule has 1 N–H and O–H groups in total. The van der Waals surface area contributed by atoms with Gasteiger partial charge in [0.25, 0.3) is 10.0 Å². The minimum atomic E-state index is -3.81. The highest BCUT2D eigenvalue weighted by Gasteiger charge is 2.19. The van der Waals surface area contributed by atoms with Crippen molar-refractivity contribution in [3.63, 3.8) is 0 Å². The van der Waals surface area contributed by atoms with Crippen molar-refractivity contribution in [2.75, 3.05) is 11.8 Å². The van der Waals surface area contributed by atoms with Crippen molar-refractivity contribution in [3.05, 3.63) is 48.0 Å². The van der Waals surface area contributed by atoms with E-state index in [1.807, 2.05) is 0 Å². The molecule has 7 nitrogen and oxygen atoms in total. The van der Waals surface area contributed by atoms with Crippen molar-refractivity contribution in [2.45, 2.75) is 4.90 Å². The lowest BCUT2D eigenvalue weighted by molar-refractivity contribution is 0.0601. The number of fused-ring (bicyclic) bond motifs is 1. The van der Waals surface area contributed by atoms with Gasteiger partial charge in [0.1, 0.15) is 15.9 Å². The molecule has 0 radical (unpaired) electrons. The number of methoxy groups -OCH3 is 1. The van der Waals surface area contributed by atoms with Crippen LogP contribution in [0.1, 0.15) is 10.4 Å². The first-order chi connectivity index (χ1) is 11.0. The van der Waals surface area contributed by atoms with Crippen LogP contribution in [0.2, 0.25) is 0 Å². The number of carbonyl (C=O) groups is 1. The Morgan fingerprint density at radius 3 is 2.57 bits per heavy atom. The third-order valence-corrected chi connectivity index (χ3v) is 5.05. The van der Waals surface area contributed by atoms with Crippen LogP contribution in [0.3, 0.4) is 0 Å². The van der Waals surface area contributed by atoms with Gasteiger partial charge in [-0.05, 0) is 36.4 Å². The lowest BCUT2D eigenvalue weighted by Gasteiger charge is -2.08. The largest absolute Gasteiger partial charge is 0.465 e. The number of ether oxygens (including phenoxy) is 1. The van der Waals surface area contributed by atoms with E-state index in [-0.39, 0.29) is 4.90 Å². The van der Waals surface area contributed by atoms with E-state index in [0.29, 0.717) is 22.3 Å². The predicted molar refractivity (Wildman–Crippen MR) is 86.0 cm³/mol. The maximum absolute atomic E-state index is 12.5. The number of hydrogen-bond donors (Lipinski definition) is 1. The molecule has 1 heterocycles. The van der Waals surface area contributed by atoms with Crippen molar-refractivity contribution in [1.29, 1.82) is 0 Å². The number of nitrogens with zero attached hydrogens (tertiary/aromatic N) is 2. The van der Waals surface area contributed by atoms with E-state index >= 15 is 0 Å². The van der Waals surface area contributed by atoms with Gasteiger partial charge < -0.3 is 4.74 Å². The average molecular weight is 349 g/mol. The quantitative estimate of drug-likeness (QED) is 0.726. The molecule has 1 aromatic heterocycles. The Hall–Kier alpha value is -2.52. The normalized spacial score (nSPS) is 11.3. The minimum Gasteiger partial charge on any atom is -0.465 e. The molecular formula is C14H11N3O4S2. The summed E-state index contributed by atoms with van der Waals surface area (Å²) in [4.78, 5) is 11.4. The first-order valence-electron chi connectivity index (χ1n) is 6.44. The summed E-state index contributed by atoms with van der Waals surface area (Å²) < 4.78 is 40.1. The third-order valence-electron chi connectivity index (χ3n) is 3.10. The van der Waals surface area contributed by atoms with Gasteiger partial charge in [-0.2, -0.15) is 8.75 Å². The van der Waals surface area contributed by atoms with Gasteiger partial charge in [-0.1, -0.05) is 6.07 Å². The van der Waals surface area contributed by atoms with Crippen molar-refractivity contribution in [3.8, 4) is 0 Å². The van der Waals surface area contributed by atoms with Gasteiger partial charge in [-0.3, -0.25) is 4.72 Å². The number of benzene rings is 2. The molecule has 0 bridgehead atoms. The van der Waals surface area contributed by atoms with Crippen LogP contribution in [0.4, 0.5) is 5.69 Å². The van der Waals surface area contributed by atoms with Crippen LogP contribution in [0, 0.1) is 0 Å². The Morgan fingerprint density at radius 1 is 1.13 bits per heavy atom. The van der Waals surface area contributed by atoms with Gasteiger partial charge in [0.05, 0.1) is 24.4 Å². The molecule has 0 aliphatic heterocycles. The van der Waals surface area contributed by atoms with E-state index in [9.17, 15) is 13.2 Å². The van der Waals surface area contributed by atoms with Crippen molar-refractivity contribution in [2.24, 2.45) is 0 Å². The monoisotopic (exact) mass is 349 g/mol. The topological polar surface area (TPSA) is 98.2 Å². The third kappa shape index (κ3) is 3.01. The van der Waals surface area contributed by atoms with E-state index < -0.39 is 16.0 Å². The number of rotatable bonds is 4. The fourth-order valence-corrected chi connectivity index (χ4v) is 3.83. The zero-order chi connectivity index (χ0) is 16.4. The summed E-state index contributed by atoms with van der Waals surface area (Å²) in [6, 6.07) is 10.7. The Labute approximate surface area is 136 Å². The molecule has 0 aliphatic rings. The molecule has 3 rings (SSSR count). The lowest BCUT2D eigenvalue weighted by atomic mass is 10.2. The van der Waals surface area contributed by atoms with Gasteiger partial charge in [0, 0.05) is 5.69 Å². The molecule has 9 heteroatoms. The summed E-state index contributed by atoms with van der Waals surface area (Å²) in [6.45, 7) is 0. The first-order valence-corrected chi connectivity index (χ1v) is 8.65. The molecule has 0 aliphatic carbocycles. The molecule has 0 spiro atoms. The number of nitrogens with one attached hydrogen (secondary N) is 1. The van der Waals surface area contributed by atoms with Crippen LogP contribution in [-0.4, -0.2) is 30.2 Å². The van der Waals surface area contributed by atoms with E-state index in [0.717, 1.165) is 11.7 Å². The molecule has 23 heavy (non-hydrogen) atoms. The summed E-state index contributed by atoms with van der Waals surface area (Å²) in [5, 5.41) is 0. The van der Waals surface area contributed by atoms with Crippen LogP contribution in [0.5, 0.6) is 0 Å². The highest BCUT2D eigenvalue weighted by atomic mass is 32.2. The van der Waals surface area contributed by atoms with Crippen molar-refractivity contribution < 1.29 is 17.9 Å². The lowest BCUT2D eigenvalue weighted by Crippen LogP contribution is -2.13. The van der Waals surface area contributed by atoms with E-state index in [1.165, 1.54) is 37.4 Å². The fourth-order valence-electron chi connectivity index (χ4n) is 2.00. The van der Waals surface area contributed by atoms with Gasteiger partial charge >= 0.3 is 5.97 Å². The Balaban J connectivity index is 1.92. The van der Waals surface area contributed by atoms with Crippen LogP contribution >= 0.6 is 11.7 Å². The highest BCUT2D eigenvalue weighted by molar-refractivity contribution is 7.93. The summed E-state index contributed by atoms with van der Waals surface area (Å²) in [5.41, 5.74) is 1.52. The molecule has 2 aromatic carbocycles. The van der Waals surface area contributed by atoms with E-state index in [4.69, 9.17) is 0 Å². The second-order valence-corrected chi connectivity index (χ2v) is 6.74. The molecule has 0 fully saturated rings. The maximum atomic E-state index is 12.5. The molecule has 0 saturated heterocycles. The van der Waals surface area contributed by atoms with Crippen LogP contribution in [-0.2, 0) is 14.8 Å². The summed E-state index contributed by atoms with van der Waals surface area (Å²) in [5.74, 6) is -0.488. The molecule has 0 unspecified atom stereocenters. The maximum Gasteiger partial charge on any atom is 0.337 e. The SMILES string of the molecule is COC(=O)c1ccc(NS(=O)(=O)c2cccc3nsnc23)cc1. The second kappa shape index (κ2) is 5.94.